The largest absolute Gasteiger partial charge is 0.490 e. The molecule has 2 saturated heterocycles. The second-order valence-corrected chi connectivity index (χ2v) is 9.54. The van der Waals surface area contributed by atoms with Gasteiger partial charge >= 0.3 is 24.3 Å². The van der Waals surface area contributed by atoms with Gasteiger partial charge in [-0.2, -0.15) is 26.3 Å². The van der Waals surface area contributed by atoms with Crippen LogP contribution in [-0.2, 0) is 14.3 Å². The average Bonchev–Trinajstić information content (AvgIpc) is 2.93. The number of aliphatic carboxylic acids is 2. The van der Waals surface area contributed by atoms with Crippen molar-refractivity contribution in [2.75, 3.05) is 44.2 Å². The summed E-state index contributed by atoms with van der Waals surface area (Å²) in [5.74, 6) is -5.51. The Bertz CT molecular complexity index is 1100. The highest BCUT2D eigenvalue weighted by atomic mass is 35.5. The van der Waals surface area contributed by atoms with Crippen LogP contribution < -0.4 is 10.6 Å². The van der Waals surface area contributed by atoms with E-state index < -0.39 is 24.3 Å². The number of hydrogen-bond acceptors (Lipinski definition) is 6. The summed E-state index contributed by atoms with van der Waals surface area (Å²) in [6.07, 6.45) is -7.57. The summed E-state index contributed by atoms with van der Waals surface area (Å²) in [7, 11) is 0. The van der Waals surface area contributed by atoms with Gasteiger partial charge in [0.2, 0.25) is 0 Å². The summed E-state index contributed by atoms with van der Waals surface area (Å²) in [6, 6.07) is 17.6. The number of rotatable bonds is 4. The van der Waals surface area contributed by atoms with E-state index in [9.17, 15) is 26.3 Å². The number of carbonyl (C=O) groups is 2. The first-order chi connectivity index (χ1) is 19.1. The molecule has 2 aliphatic rings. The third-order valence-electron chi connectivity index (χ3n) is 6.29. The maximum absolute atomic E-state index is 10.6. The molecule has 1 unspecified atom stereocenters. The predicted molar refractivity (Wildman–Crippen MR) is 140 cm³/mol. The minimum absolute atomic E-state index is 0.202. The number of morpholine rings is 1. The molecule has 15 heteroatoms. The lowest BCUT2D eigenvalue weighted by atomic mass is 10.00. The Morgan fingerprint density at radius 1 is 0.902 bits per heavy atom. The smallest absolute Gasteiger partial charge is 0.475 e. The van der Waals surface area contributed by atoms with Gasteiger partial charge < -0.3 is 25.6 Å². The molecule has 0 spiro atoms. The lowest BCUT2D eigenvalue weighted by Crippen LogP contribution is -2.53. The minimum Gasteiger partial charge on any atom is -0.475 e. The van der Waals surface area contributed by atoms with Gasteiger partial charge in [0, 0.05) is 49.5 Å². The number of alkyl halides is 6. The van der Waals surface area contributed by atoms with Crippen molar-refractivity contribution >= 4 is 29.2 Å². The maximum Gasteiger partial charge on any atom is 0.490 e. The van der Waals surface area contributed by atoms with E-state index in [0.717, 1.165) is 37.8 Å². The van der Waals surface area contributed by atoms with E-state index in [1.54, 1.807) is 0 Å². The van der Waals surface area contributed by atoms with Gasteiger partial charge in [0.25, 0.3) is 0 Å². The number of nitrogens with two attached hydrogens (primary N) is 1. The third kappa shape index (κ3) is 11.4. The van der Waals surface area contributed by atoms with Crippen LogP contribution in [0.4, 0.5) is 32.0 Å². The molecule has 2 fully saturated rings. The van der Waals surface area contributed by atoms with Crippen LogP contribution in [0.25, 0.3) is 11.1 Å². The van der Waals surface area contributed by atoms with E-state index in [-0.39, 0.29) is 6.10 Å². The van der Waals surface area contributed by atoms with Gasteiger partial charge in [0.05, 0.1) is 12.7 Å². The van der Waals surface area contributed by atoms with E-state index in [4.69, 9.17) is 41.9 Å². The van der Waals surface area contributed by atoms with Crippen molar-refractivity contribution in [1.82, 2.24) is 4.90 Å². The number of ether oxygens (including phenoxy) is 1. The molecule has 8 nitrogen and oxygen atoms in total. The van der Waals surface area contributed by atoms with Gasteiger partial charge in [0.1, 0.15) is 0 Å². The molecule has 2 aromatic carbocycles. The van der Waals surface area contributed by atoms with Gasteiger partial charge in [-0.05, 0) is 48.2 Å². The van der Waals surface area contributed by atoms with E-state index in [0.29, 0.717) is 12.6 Å². The Kier molecular flexibility index (Phi) is 12.7. The topological polar surface area (TPSA) is 116 Å². The van der Waals surface area contributed by atoms with Crippen LogP contribution in [0.3, 0.4) is 0 Å². The first kappa shape index (κ1) is 34.1. The number of nitrogens with zero attached hydrogens (tertiary/aromatic N) is 2. The number of hydrogen-bond donors (Lipinski definition) is 3. The van der Waals surface area contributed by atoms with Crippen molar-refractivity contribution in [2.24, 2.45) is 5.73 Å². The van der Waals surface area contributed by atoms with Crippen LogP contribution in [-0.4, -0.2) is 90.9 Å². The SMILES string of the molecule is NCC1CN(C2CCN(c3cccc(-c4ccc(Cl)cc4)c3)CC2)CCO1.O=C(O)C(F)(F)F.O=C(O)C(F)(F)F. The van der Waals surface area contributed by atoms with Gasteiger partial charge in [-0.1, -0.05) is 35.9 Å². The Balaban J connectivity index is 0.000000349. The zero-order chi connectivity index (χ0) is 30.8. The second-order valence-electron chi connectivity index (χ2n) is 9.10. The predicted octanol–water partition coefficient (Wildman–Crippen LogP) is 4.90. The highest BCUT2D eigenvalue weighted by Crippen LogP contribution is 2.29. The summed E-state index contributed by atoms with van der Waals surface area (Å²) in [5, 5.41) is 15.0. The van der Waals surface area contributed by atoms with E-state index >= 15 is 0 Å². The van der Waals surface area contributed by atoms with Crippen molar-refractivity contribution in [3.8, 4) is 11.1 Å². The molecule has 4 rings (SSSR count). The first-order valence-corrected chi connectivity index (χ1v) is 12.8. The Hall–Kier alpha value is -3.07. The summed E-state index contributed by atoms with van der Waals surface area (Å²) < 4.78 is 69.2. The fourth-order valence-corrected chi connectivity index (χ4v) is 4.36. The molecule has 2 heterocycles. The lowest BCUT2D eigenvalue weighted by molar-refractivity contribution is -0.193. The number of anilines is 1. The number of benzene rings is 2. The summed E-state index contributed by atoms with van der Waals surface area (Å²) in [5.41, 5.74) is 9.55. The normalized spacial score (nSPS) is 18.4. The quantitative estimate of drug-likeness (QED) is 0.417. The van der Waals surface area contributed by atoms with Crippen LogP contribution in [0.15, 0.2) is 48.5 Å². The number of piperidine rings is 1. The van der Waals surface area contributed by atoms with Crippen molar-refractivity contribution < 1.29 is 50.9 Å². The third-order valence-corrected chi connectivity index (χ3v) is 6.54. The minimum atomic E-state index is -5.08. The van der Waals surface area contributed by atoms with Crippen molar-refractivity contribution in [3.63, 3.8) is 0 Å². The van der Waals surface area contributed by atoms with Crippen LogP contribution >= 0.6 is 11.6 Å². The Labute approximate surface area is 237 Å². The molecule has 0 amide bonds. The molecule has 0 bridgehead atoms. The Morgan fingerprint density at radius 3 is 1.93 bits per heavy atom. The molecule has 0 aliphatic carbocycles. The molecule has 228 valence electrons. The Morgan fingerprint density at radius 2 is 1.44 bits per heavy atom. The molecular weight excluding hydrogens is 584 g/mol. The van der Waals surface area contributed by atoms with E-state index in [2.05, 4.69) is 46.2 Å². The van der Waals surface area contributed by atoms with Crippen LogP contribution in [0.2, 0.25) is 5.02 Å². The van der Waals surface area contributed by atoms with Crippen LogP contribution in [0.5, 0.6) is 0 Å². The van der Waals surface area contributed by atoms with Gasteiger partial charge in [-0.15, -0.1) is 0 Å². The van der Waals surface area contributed by atoms with Crippen LogP contribution in [0, 0.1) is 0 Å². The molecule has 2 aromatic rings. The standard InChI is InChI=1S/C22H28ClN3O.2C2HF3O2/c23-19-6-4-17(5-7-19)18-2-1-3-21(14-18)25-10-8-20(9-11-25)26-12-13-27-22(15-24)16-26;2*3-2(4,5)1(6)7/h1-7,14,20,22H,8-13,15-16,24H2;2*(H,6,7). The second kappa shape index (κ2) is 15.2. The molecule has 4 N–H and O–H groups in total. The fourth-order valence-electron chi connectivity index (χ4n) is 4.23. The zero-order valence-corrected chi connectivity index (χ0v) is 22.4. The highest BCUT2D eigenvalue weighted by molar-refractivity contribution is 6.30. The van der Waals surface area contributed by atoms with Gasteiger partial charge in [-0.3, -0.25) is 4.90 Å². The molecule has 0 radical (unpaired) electrons. The molecule has 0 aromatic heterocycles. The zero-order valence-electron chi connectivity index (χ0n) is 21.7. The molecule has 41 heavy (non-hydrogen) atoms. The first-order valence-electron chi connectivity index (χ1n) is 12.4. The summed E-state index contributed by atoms with van der Waals surface area (Å²) in [4.78, 5) is 22.9. The van der Waals surface area contributed by atoms with Crippen molar-refractivity contribution in [3.05, 3.63) is 53.6 Å². The van der Waals surface area contributed by atoms with Crippen molar-refractivity contribution in [1.29, 1.82) is 0 Å². The average molecular weight is 614 g/mol. The summed E-state index contributed by atoms with van der Waals surface area (Å²) >= 11 is 6.02. The lowest BCUT2D eigenvalue weighted by Gasteiger charge is -2.42. The number of halogens is 7. The van der Waals surface area contributed by atoms with Gasteiger partial charge in [-0.25, -0.2) is 9.59 Å². The molecule has 2 aliphatic heterocycles. The molecule has 1 atom stereocenters. The molecule has 0 saturated carbocycles. The molecular formula is C26H30ClF6N3O5. The fraction of sp³-hybridized carbons (Fsp3) is 0.462. The van der Waals surface area contributed by atoms with E-state index in [1.165, 1.54) is 29.7 Å². The maximum atomic E-state index is 10.6. The number of carboxylic acids is 2. The monoisotopic (exact) mass is 613 g/mol. The van der Waals surface area contributed by atoms with E-state index in [1.807, 2.05) is 12.1 Å². The van der Waals surface area contributed by atoms with Gasteiger partial charge in [0.15, 0.2) is 0 Å². The summed E-state index contributed by atoms with van der Waals surface area (Å²) in [6.45, 7) is 5.64. The highest BCUT2D eigenvalue weighted by Gasteiger charge is 2.39. The van der Waals surface area contributed by atoms with Crippen molar-refractivity contribution in [2.45, 2.75) is 37.3 Å². The number of carboxylic acid groups (broad SMARTS) is 2. The van der Waals surface area contributed by atoms with Crippen LogP contribution in [0.1, 0.15) is 12.8 Å².